The van der Waals surface area contributed by atoms with E-state index in [1.165, 1.54) is 19.3 Å². The Labute approximate surface area is 114 Å². The summed E-state index contributed by atoms with van der Waals surface area (Å²) in [4.78, 5) is 0. The fourth-order valence-corrected chi connectivity index (χ4v) is 3.18. The summed E-state index contributed by atoms with van der Waals surface area (Å²) in [7, 11) is 0. The summed E-state index contributed by atoms with van der Waals surface area (Å²) < 4.78 is 0. The third kappa shape index (κ3) is 3.53. The molecule has 0 spiro atoms. The molecule has 0 heterocycles. The van der Waals surface area contributed by atoms with Gasteiger partial charge in [0.05, 0.1) is 10.0 Å². The average molecular weight is 272 g/mol. The van der Waals surface area contributed by atoms with E-state index in [4.69, 9.17) is 23.2 Å². The minimum Gasteiger partial charge on any atom is -0.382 e. The molecule has 1 aromatic carbocycles. The van der Waals surface area contributed by atoms with Gasteiger partial charge < -0.3 is 5.32 Å². The Balaban J connectivity index is 2.02. The van der Waals surface area contributed by atoms with Crippen molar-refractivity contribution in [3.05, 3.63) is 28.2 Å². The van der Waals surface area contributed by atoms with Gasteiger partial charge in [-0.2, -0.15) is 0 Å². The van der Waals surface area contributed by atoms with Gasteiger partial charge in [-0.25, -0.2) is 0 Å². The summed E-state index contributed by atoms with van der Waals surface area (Å²) in [6.45, 7) is 4.67. The molecule has 3 heteroatoms. The Hall–Kier alpha value is -0.400. The third-order valence-electron chi connectivity index (χ3n) is 3.47. The van der Waals surface area contributed by atoms with Crippen LogP contribution in [0.1, 0.15) is 33.1 Å². The molecule has 2 unspecified atom stereocenters. The molecule has 0 amide bonds. The monoisotopic (exact) mass is 271 g/mol. The third-order valence-corrected chi connectivity index (χ3v) is 4.21. The maximum absolute atomic E-state index is 6.02. The Morgan fingerprint density at radius 1 is 1.00 bits per heavy atom. The molecular weight excluding hydrogens is 253 g/mol. The van der Waals surface area contributed by atoms with Crippen molar-refractivity contribution < 1.29 is 0 Å². The van der Waals surface area contributed by atoms with Gasteiger partial charge in [-0.3, -0.25) is 0 Å². The average Bonchev–Trinajstić information content (AvgIpc) is 2.22. The van der Waals surface area contributed by atoms with Crippen LogP contribution in [0.3, 0.4) is 0 Å². The minimum atomic E-state index is 0.561. The molecular formula is C14H19Cl2N. The van der Waals surface area contributed by atoms with Crippen molar-refractivity contribution in [3.63, 3.8) is 0 Å². The van der Waals surface area contributed by atoms with Gasteiger partial charge >= 0.3 is 0 Å². The van der Waals surface area contributed by atoms with E-state index in [0.717, 1.165) is 17.5 Å². The van der Waals surface area contributed by atoms with Crippen LogP contribution in [0.25, 0.3) is 0 Å². The Morgan fingerprint density at radius 2 is 1.65 bits per heavy atom. The van der Waals surface area contributed by atoms with Crippen LogP contribution in [0.15, 0.2) is 18.2 Å². The molecule has 1 aromatic rings. The summed E-state index contributed by atoms with van der Waals surface area (Å²) in [5.41, 5.74) is 1.07. The predicted molar refractivity (Wildman–Crippen MR) is 76.1 cm³/mol. The van der Waals surface area contributed by atoms with Crippen LogP contribution in [-0.4, -0.2) is 6.04 Å². The van der Waals surface area contributed by atoms with Crippen molar-refractivity contribution in [1.82, 2.24) is 0 Å². The molecule has 1 N–H and O–H groups in total. The van der Waals surface area contributed by atoms with Gasteiger partial charge in [0.2, 0.25) is 0 Å². The van der Waals surface area contributed by atoms with Crippen LogP contribution in [0.2, 0.25) is 10.0 Å². The normalized spacial score (nSPS) is 29.1. The van der Waals surface area contributed by atoms with Gasteiger partial charge in [0.15, 0.2) is 0 Å². The molecule has 2 atom stereocenters. The summed E-state index contributed by atoms with van der Waals surface area (Å²) in [5.74, 6) is 1.61. The number of rotatable bonds is 2. The van der Waals surface area contributed by atoms with Crippen LogP contribution in [0.4, 0.5) is 5.69 Å². The highest BCUT2D eigenvalue weighted by molar-refractivity contribution is 6.42. The Kier molecular flexibility index (Phi) is 4.22. The highest BCUT2D eigenvalue weighted by atomic mass is 35.5. The zero-order valence-electron chi connectivity index (χ0n) is 10.3. The first-order valence-electron chi connectivity index (χ1n) is 6.26. The molecule has 17 heavy (non-hydrogen) atoms. The van der Waals surface area contributed by atoms with E-state index >= 15 is 0 Å². The second-order valence-electron chi connectivity index (χ2n) is 5.39. The molecule has 1 aliphatic carbocycles. The van der Waals surface area contributed by atoms with Crippen LogP contribution in [-0.2, 0) is 0 Å². The molecule has 0 aromatic heterocycles. The fraction of sp³-hybridized carbons (Fsp3) is 0.571. The molecule has 0 bridgehead atoms. The Morgan fingerprint density at radius 3 is 2.24 bits per heavy atom. The topological polar surface area (TPSA) is 12.0 Å². The molecule has 1 fully saturated rings. The summed E-state index contributed by atoms with van der Waals surface area (Å²) in [6.07, 6.45) is 3.83. The number of halogens is 2. The summed E-state index contributed by atoms with van der Waals surface area (Å²) in [6, 6.07) is 6.32. The number of nitrogens with one attached hydrogen (secondary N) is 1. The molecule has 1 nitrogen and oxygen atoms in total. The first kappa shape index (κ1) is 13.0. The quantitative estimate of drug-likeness (QED) is 0.777. The maximum atomic E-state index is 6.02. The highest BCUT2D eigenvalue weighted by Gasteiger charge is 2.23. The van der Waals surface area contributed by atoms with Crippen molar-refractivity contribution in [2.75, 3.05) is 5.32 Å². The standard InChI is InChI=1S/C14H19Cl2N/c1-9-5-10(2)7-12(6-9)17-11-3-4-13(15)14(16)8-11/h3-4,8-10,12,17H,5-7H2,1-2H3. The van der Waals surface area contributed by atoms with Crippen LogP contribution in [0.5, 0.6) is 0 Å². The summed E-state index contributed by atoms with van der Waals surface area (Å²) in [5, 5.41) is 4.80. The van der Waals surface area contributed by atoms with Gasteiger partial charge in [-0.1, -0.05) is 37.0 Å². The lowest BCUT2D eigenvalue weighted by atomic mass is 9.80. The molecule has 0 aliphatic heterocycles. The largest absolute Gasteiger partial charge is 0.382 e. The summed E-state index contributed by atoms with van der Waals surface area (Å²) >= 11 is 11.9. The van der Waals surface area contributed by atoms with E-state index in [9.17, 15) is 0 Å². The number of hydrogen-bond donors (Lipinski definition) is 1. The van der Waals surface area contributed by atoms with Crippen molar-refractivity contribution >= 4 is 28.9 Å². The van der Waals surface area contributed by atoms with Crippen molar-refractivity contribution in [1.29, 1.82) is 0 Å². The van der Waals surface area contributed by atoms with E-state index in [0.29, 0.717) is 16.1 Å². The van der Waals surface area contributed by atoms with Gasteiger partial charge in [0, 0.05) is 11.7 Å². The zero-order chi connectivity index (χ0) is 12.4. The first-order valence-corrected chi connectivity index (χ1v) is 7.01. The van der Waals surface area contributed by atoms with Crippen LogP contribution >= 0.6 is 23.2 Å². The number of benzene rings is 1. The molecule has 1 saturated carbocycles. The van der Waals surface area contributed by atoms with Gasteiger partial charge in [-0.05, 0) is 49.3 Å². The lowest BCUT2D eigenvalue weighted by molar-refractivity contribution is 0.281. The molecule has 0 radical (unpaired) electrons. The van der Waals surface area contributed by atoms with E-state index in [2.05, 4.69) is 19.2 Å². The van der Waals surface area contributed by atoms with Gasteiger partial charge in [-0.15, -0.1) is 0 Å². The smallest absolute Gasteiger partial charge is 0.0612 e. The number of hydrogen-bond acceptors (Lipinski definition) is 1. The molecule has 2 rings (SSSR count). The van der Waals surface area contributed by atoms with E-state index in [1.807, 2.05) is 18.2 Å². The predicted octanol–water partition coefficient (Wildman–Crippen LogP) is 5.23. The molecule has 0 saturated heterocycles. The molecule has 1 aliphatic rings. The van der Waals surface area contributed by atoms with Crippen molar-refractivity contribution in [2.24, 2.45) is 11.8 Å². The van der Waals surface area contributed by atoms with E-state index in [-0.39, 0.29) is 0 Å². The van der Waals surface area contributed by atoms with Crippen molar-refractivity contribution in [3.8, 4) is 0 Å². The second-order valence-corrected chi connectivity index (χ2v) is 6.20. The highest BCUT2D eigenvalue weighted by Crippen LogP contribution is 2.32. The number of anilines is 1. The first-order chi connectivity index (χ1) is 8.04. The lowest BCUT2D eigenvalue weighted by Crippen LogP contribution is -2.30. The minimum absolute atomic E-state index is 0.561. The maximum Gasteiger partial charge on any atom is 0.0612 e. The SMILES string of the molecule is CC1CC(C)CC(Nc2ccc(Cl)c(Cl)c2)C1. The van der Waals surface area contributed by atoms with Gasteiger partial charge in [0.25, 0.3) is 0 Å². The van der Waals surface area contributed by atoms with Gasteiger partial charge in [0.1, 0.15) is 0 Å². The Bertz CT molecular complexity index is 382. The van der Waals surface area contributed by atoms with E-state index < -0.39 is 0 Å². The zero-order valence-corrected chi connectivity index (χ0v) is 11.9. The van der Waals surface area contributed by atoms with E-state index in [1.54, 1.807) is 0 Å². The molecule has 94 valence electrons. The fourth-order valence-electron chi connectivity index (χ4n) is 2.89. The van der Waals surface area contributed by atoms with Crippen molar-refractivity contribution in [2.45, 2.75) is 39.2 Å². The second kappa shape index (κ2) is 5.49. The van der Waals surface area contributed by atoms with Crippen LogP contribution in [0, 0.1) is 11.8 Å². The lowest BCUT2D eigenvalue weighted by Gasteiger charge is -2.32. The van der Waals surface area contributed by atoms with Crippen LogP contribution < -0.4 is 5.32 Å².